The second-order valence-corrected chi connectivity index (χ2v) is 4.95. The number of aliphatic hydroxyl groups excluding tert-OH is 1. The van der Waals surface area contributed by atoms with E-state index in [1.807, 2.05) is 0 Å². The minimum atomic E-state index is -1.40. The Labute approximate surface area is 124 Å². The zero-order valence-electron chi connectivity index (χ0n) is 12.2. The molecule has 1 rings (SSSR count). The van der Waals surface area contributed by atoms with Gasteiger partial charge in [-0.25, -0.2) is 4.79 Å². The SMILES string of the molecule is CCCCC(CCO)COC(=O)c1ccccc1C(=O)[O-]. The van der Waals surface area contributed by atoms with Crippen LogP contribution in [0.1, 0.15) is 53.3 Å². The lowest BCUT2D eigenvalue weighted by molar-refractivity contribution is -0.255. The van der Waals surface area contributed by atoms with Crippen molar-refractivity contribution in [3.63, 3.8) is 0 Å². The molecule has 0 aliphatic rings. The first kappa shape index (κ1) is 17.2. The van der Waals surface area contributed by atoms with Crippen molar-refractivity contribution in [3.8, 4) is 0 Å². The maximum atomic E-state index is 12.0. The highest BCUT2D eigenvalue weighted by Crippen LogP contribution is 2.15. The highest BCUT2D eigenvalue weighted by Gasteiger charge is 2.16. The molecular formula is C16H21O5-. The number of ether oxygens (including phenoxy) is 1. The molecule has 0 saturated carbocycles. The Kier molecular flexibility index (Phi) is 7.46. The van der Waals surface area contributed by atoms with Gasteiger partial charge in [0.05, 0.1) is 18.1 Å². The molecule has 5 nitrogen and oxygen atoms in total. The molecule has 0 radical (unpaired) electrons. The van der Waals surface area contributed by atoms with Crippen molar-refractivity contribution < 1.29 is 24.5 Å². The number of benzene rings is 1. The van der Waals surface area contributed by atoms with Crippen LogP contribution in [-0.4, -0.2) is 30.3 Å². The summed E-state index contributed by atoms with van der Waals surface area (Å²) in [5, 5.41) is 20.0. The Morgan fingerprint density at radius 2 is 1.90 bits per heavy atom. The highest BCUT2D eigenvalue weighted by atomic mass is 16.5. The largest absolute Gasteiger partial charge is 0.545 e. The molecule has 0 spiro atoms. The van der Waals surface area contributed by atoms with Gasteiger partial charge in [0, 0.05) is 12.2 Å². The third kappa shape index (κ3) is 5.55. The average molecular weight is 293 g/mol. The van der Waals surface area contributed by atoms with Gasteiger partial charge in [-0.15, -0.1) is 0 Å². The maximum Gasteiger partial charge on any atom is 0.338 e. The fourth-order valence-corrected chi connectivity index (χ4v) is 2.10. The smallest absolute Gasteiger partial charge is 0.338 e. The fourth-order valence-electron chi connectivity index (χ4n) is 2.10. The molecule has 0 saturated heterocycles. The third-order valence-corrected chi connectivity index (χ3v) is 3.32. The van der Waals surface area contributed by atoms with E-state index in [0.29, 0.717) is 6.42 Å². The number of aromatic carboxylic acids is 1. The van der Waals surface area contributed by atoms with E-state index >= 15 is 0 Å². The second kappa shape index (κ2) is 9.13. The summed E-state index contributed by atoms with van der Waals surface area (Å²) in [4.78, 5) is 22.9. The van der Waals surface area contributed by atoms with Crippen LogP contribution in [0.25, 0.3) is 0 Å². The van der Waals surface area contributed by atoms with Crippen LogP contribution in [-0.2, 0) is 4.74 Å². The van der Waals surface area contributed by atoms with Crippen LogP contribution in [0.4, 0.5) is 0 Å². The number of hydrogen-bond donors (Lipinski definition) is 1. The van der Waals surface area contributed by atoms with Gasteiger partial charge >= 0.3 is 5.97 Å². The van der Waals surface area contributed by atoms with Gasteiger partial charge in [-0.1, -0.05) is 38.0 Å². The van der Waals surface area contributed by atoms with Gasteiger partial charge in [-0.05, 0) is 24.8 Å². The molecule has 0 aliphatic carbocycles. The Morgan fingerprint density at radius 1 is 1.24 bits per heavy atom. The molecule has 21 heavy (non-hydrogen) atoms. The molecule has 1 N–H and O–H groups in total. The first-order chi connectivity index (χ1) is 10.1. The number of carboxylic acids is 1. The van der Waals surface area contributed by atoms with Crippen molar-refractivity contribution in [1.82, 2.24) is 0 Å². The van der Waals surface area contributed by atoms with Crippen LogP contribution in [0, 0.1) is 5.92 Å². The predicted molar refractivity (Wildman–Crippen MR) is 75.8 cm³/mol. The number of carboxylic acid groups (broad SMARTS) is 1. The molecule has 0 bridgehead atoms. The van der Waals surface area contributed by atoms with Gasteiger partial charge in [0.2, 0.25) is 0 Å². The molecule has 0 aromatic heterocycles. The molecule has 5 heteroatoms. The van der Waals surface area contributed by atoms with E-state index in [9.17, 15) is 14.7 Å². The number of carbonyl (C=O) groups excluding carboxylic acids is 2. The van der Waals surface area contributed by atoms with Crippen LogP contribution in [0.2, 0.25) is 0 Å². The molecule has 0 aliphatic heterocycles. The van der Waals surface area contributed by atoms with Crippen LogP contribution >= 0.6 is 0 Å². The van der Waals surface area contributed by atoms with Crippen molar-refractivity contribution in [2.24, 2.45) is 5.92 Å². The first-order valence-corrected chi connectivity index (χ1v) is 7.18. The summed E-state index contributed by atoms with van der Waals surface area (Å²) < 4.78 is 5.19. The predicted octanol–water partition coefficient (Wildman–Crippen LogP) is 1.40. The van der Waals surface area contributed by atoms with Crippen LogP contribution < -0.4 is 5.11 Å². The van der Waals surface area contributed by atoms with Crippen molar-refractivity contribution >= 4 is 11.9 Å². The van der Waals surface area contributed by atoms with E-state index in [2.05, 4.69) is 6.92 Å². The Balaban J connectivity index is 2.65. The number of carbonyl (C=O) groups is 2. The quantitative estimate of drug-likeness (QED) is 0.695. The van der Waals surface area contributed by atoms with E-state index in [-0.39, 0.29) is 30.3 Å². The van der Waals surface area contributed by atoms with Gasteiger partial charge < -0.3 is 19.7 Å². The molecule has 0 fully saturated rings. The minimum absolute atomic E-state index is 0.00394. The normalized spacial score (nSPS) is 11.9. The van der Waals surface area contributed by atoms with Crippen LogP contribution in [0.5, 0.6) is 0 Å². The van der Waals surface area contributed by atoms with Crippen molar-refractivity contribution in [1.29, 1.82) is 0 Å². The van der Waals surface area contributed by atoms with E-state index in [0.717, 1.165) is 19.3 Å². The van der Waals surface area contributed by atoms with Crippen LogP contribution in [0.3, 0.4) is 0 Å². The summed E-state index contributed by atoms with van der Waals surface area (Å²) in [7, 11) is 0. The molecule has 1 aromatic rings. The lowest BCUT2D eigenvalue weighted by Crippen LogP contribution is -2.26. The standard InChI is InChI=1S/C16H22O5/c1-2-3-6-12(9-10-17)11-21-16(20)14-8-5-4-7-13(14)15(18)19/h4-5,7-8,12,17H,2-3,6,9-11H2,1H3,(H,18,19)/p-1. The summed E-state index contributed by atoms with van der Waals surface area (Å²) >= 11 is 0. The second-order valence-electron chi connectivity index (χ2n) is 4.95. The summed E-state index contributed by atoms with van der Waals surface area (Å²) in [5.74, 6) is -1.98. The van der Waals surface area contributed by atoms with E-state index in [1.165, 1.54) is 18.2 Å². The maximum absolute atomic E-state index is 12.0. The number of unbranched alkanes of at least 4 members (excludes halogenated alkanes) is 1. The Morgan fingerprint density at radius 3 is 2.48 bits per heavy atom. The molecule has 1 aromatic carbocycles. The van der Waals surface area contributed by atoms with Crippen molar-refractivity contribution in [2.75, 3.05) is 13.2 Å². The van der Waals surface area contributed by atoms with Gasteiger partial charge in [0.25, 0.3) is 0 Å². The topological polar surface area (TPSA) is 86.7 Å². The highest BCUT2D eigenvalue weighted by molar-refractivity contribution is 6.01. The first-order valence-electron chi connectivity index (χ1n) is 7.18. The molecule has 0 amide bonds. The minimum Gasteiger partial charge on any atom is -0.545 e. The monoisotopic (exact) mass is 293 g/mol. The lowest BCUT2D eigenvalue weighted by Gasteiger charge is -2.16. The number of aliphatic hydroxyl groups is 1. The third-order valence-electron chi connectivity index (χ3n) is 3.32. The number of rotatable bonds is 9. The summed E-state index contributed by atoms with van der Waals surface area (Å²) in [6, 6.07) is 5.82. The number of esters is 1. The molecular weight excluding hydrogens is 272 g/mol. The molecule has 0 heterocycles. The number of hydrogen-bond acceptors (Lipinski definition) is 5. The summed E-state index contributed by atoms with van der Waals surface area (Å²) in [5.41, 5.74) is -0.175. The summed E-state index contributed by atoms with van der Waals surface area (Å²) in [6.07, 6.45) is 3.46. The molecule has 1 unspecified atom stereocenters. The van der Waals surface area contributed by atoms with Crippen molar-refractivity contribution in [2.45, 2.75) is 32.6 Å². The Hall–Kier alpha value is -1.88. The molecule has 116 valence electrons. The average Bonchev–Trinajstić information content (AvgIpc) is 2.49. The van der Waals surface area contributed by atoms with Gasteiger partial charge in [0.15, 0.2) is 0 Å². The van der Waals surface area contributed by atoms with Gasteiger partial charge in [0.1, 0.15) is 0 Å². The van der Waals surface area contributed by atoms with E-state index in [1.54, 1.807) is 6.07 Å². The van der Waals surface area contributed by atoms with E-state index < -0.39 is 11.9 Å². The molecule has 1 atom stereocenters. The van der Waals surface area contributed by atoms with Gasteiger partial charge in [-0.2, -0.15) is 0 Å². The zero-order chi connectivity index (χ0) is 15.7. The van der Waals surface area contributed by atoms with E-state index in [4.69, 9.17) is 9.84 Å². The lowest BCUT2D eigenvalue weighted by atomic mass is 10.00. The van der Waals surface area contributed by atoms with Crippen LogP contribution in [0.15, 0.2) is 24.3 Å². The van der Waals surface area contributed by atoms with Gasteiger partial charge in [-0.3, -0.25) is 0 Å². The zero-order valence-corrected chi connectivity index (χ0v) is 12.2. The fraction of sp³-hybridized carbons (Fsp3) is 0.500. The summed E-state index contributed by atoms with van der Waals surface area (Å²) in [6.45, 7) is 2.29. The van der Waals surface area contributed by atoms with Crippen molar-refractivity contribution in [3.05, 3.63) is 35.4 Å². The Bertz CT molecular complexity index is 469.